The number of ketones is 1. The molecule has 1 saturated carbocycles. The maximum Gasteiger partial charge on any atom is 0.178 e. The zero-order valence-electron chi connectivity index (χ0n) is 7.06. The maximum absolute atomic E-state index is 11.8. The van der Waals surface area contributed by atoms with Crippen LogP contribution in [0.2, 0.25) is 5.02 Å². The maximum atomic E-state index is 11.8. The lowest BCUT2D eigenvalue weighted by Crippen LogP contribution is -2.09. The zero-order chi connectivity index (χ0) is 9.64. The first-order chi connectivity index (χ1) is 6.03. The van der Waals surface area contributed by atoms with E-state index < -0.39 is 0 Å². The Morgan fingerprint density at radius 1 is 1.69 bits per heavy atom. The molecule has 1 nitrogen and oxygen atoms in total. The summed E-state index contributed by atoms with van der Waals surface area (Å²) in [6, 6.07) is 1.75. The van der Waals surface area contributed by atoms with Crippen molar-refractivity contribution in [2.24, 2.45) is 5.41 Å². The Morgan fingerprint density at radius 2 is 2.31 bits per heavy atom. The summed E-state index contributed by atoms with van der Waals surface area (Å²) in [5.74, 6) is 0.241. The molecule has 1 fully saturated rings. The number of carbonyl (C=O) groups excluding carboxylic acids is 1. The molecule has 0 radical (unpaired) electrons. The topological polar surface area (TPSA) is 17.1 Å². The standard InChI is InChI=1S/C9H8BrClOS/c1-9(2-3-9)7(12)6-4-5(11)8(10)13-6/h4H,2-3H2,1H3. The predicted octanol–water partition coefficient (Wildman–Crippen LogP) is 4.15. The van der Waals surface area contributed by atoms with Gasteiger partial charge in [-0.2, -0.15) is 0 Å². The molecule has 0 unspecified atom stereocenters. The van der Waals surface area contributed by atoms with Gasteiger partial charge in [0.05, 0.1) is 13.7 Å². The van der Waals surface area contributed by atoms with Crippen LogP contribution in [0.3, 0.4) is 0 Å². The average Bonchev–Trinajstić information content (AvgIpc) is 2.74. The molecule has 1 aromatic rings. The molecule has 0 saturated heterocycles. The second-order valence-electron chi connectivity index (χ2n) is 3.62. The van der Waals surface area contributed by atoms with Crippen molar-refractivity contribution in [3.63, 3.8) is 0 Å². The fraction of sp³-hybridized carbons (Fsp3) is 0.444. The molecule has 0 aromatic carbocycles. The summed E-state index contributed by atoms with van der Waals surface area (Å²) < 4.78 is 0.849. The molecule has 70 valence electrons. The number of halogens is 2. The molecule has 0 bridgehead atoms. The lowest BCUT2D eigenvalue weighted by Gasteiger charge is -2.02. The Balaban J connectivity index is 2.30. The summed E-state index contributed by atoms with van der Waals surface area (Å²) in [6.07, 6.45) is 2.03. The molecule has 0 spiro atoms. The Hall–Kier alpha value is 0.140. The first kappa shape index (κ1) is 9.69. The highest BCUT2D eigenvalue weighted by molar-refractivity contribution is 9.11. The van der Waals surface area contributed by atoms with Gasteiger partial charge in [-0.3, -0.25) is 4.79 Å². The van der Waals surface area contributed by atoms with Crippen molar-refractivity contribution in [2.75, 3.05) is 0 Å². The molecule has 1 aromatic heterocycles. The van der Waals surface area contributed by atoms with Crippen LogP contribution in [-0.2, 0) is 0 Å². The van der Waals surface area contributed by atoms with Gasteiger partial charge in [0.2, 0.25) is 0 Å². The third-order valence-electron chi connectivity index (χ3n) is 2.42. The van der Waals surface area contributed by atoms with E-state index in [-0.39, 0.29) is 11.2 Å². The van der Waals surface area contributed by atoms with Gasteiger partial charge >= 0.3 is 0 Å². The summed E-state index contributed by atoms with van der Waals surface area (Å²) in [5.41, 5.74) is -0.0897. The molecule has 1 aliphatic rings. The Kier molecular flexibility index (Phi) is 2.29. The number of thiophene rings is 1. The highest BCUT2D eigenvalue weighted by atomic mass is 79.9. The minimum absolute atomic E-state index is 0.0897. The van der Waals surface area contributed by atoms with Gasteiger partial charge in [-0.05, 0) is 34.8 Å². The molecule has 1 heterocycles. The van der Waals surface area contributed by atoms with Crippen molar-refractivity contribution < 1.29 is 4.79 Å². The van der Waals surface area contributed by atoms with E-state index in [1.807, 2.05) is 6.92 Å². The van der Waals surface area contributed by atoms with E-state index in [0.717, 1.165) is 21.5 Å². The number of hydrogen-bond donors (Lipinski definition) is 0. The van der Waals surface area contributed by atoms with Gasteiger partial charge in [0, 0.05) is 5.41 Å². The minimum atomic E-state index is -0.0897. The molecular weight excluding hydrogens is 272 g/mol. The molecule has 4 heteroatoms. The first-order valence-electron chi connectivity index (χ1n) is 4.02. The van der Waals surface area contributed by atoms with Crippen molar-refractivity contribution in [3.05, 3.63) is 19.8 Å². The summed E-state index contributed by atoms with van der Waals surface area (Å²) in [4.78, 5) is 12.6. The van der Waals surface area contributed by atoms with E-state index in [2.05, 4.69) is 15.9 Å². The quantitative estimate of drug-likeness (QED) is 0.743. The zero-order valence-corrected chi connectivity index (χ0v) is 10.2. The highest BCUT2D eigenvalue weighted by Gasteiger charge is 2.45. The van der Waals surface area contributed by atoms with Gasteiger partial charge in [-0.1, -0.05) is 18.5 Å². The lowest BCUT2D eigenvalue weighted by atomic mass is 10.0. The fourth-order valence-electron chi connectivity index (χ4n) is 1.17. The van der Waals surface area contributed by atoms with E-state index in [4.69, 9.17) is 11.6 Å². The van der Waals surface area contributed by atoms with Crippen molar-refractivity contribution in [1.82, 2.24) is 0 Å². The van der Waals surface area contributed by atoms with Crippen LogP contribution < -0.4 is 0 Å². The van der Waals surface area contributed by atoms with E-state index in [9.17, 15) is 4.79 Å². The van der Waals surface area contributed by atoms with Crippen molar-refractivity contribution >= 4 is 44.7 Å². The van der Waals surface area contributed by atoms with Crippen LogP contribution in [0, 0.1) is 5.41 Å². The Morgan fingerprint density at radius 3 is 2.69 bits per heavy atom. The smallest absolute Gasteiger partial charge is 0.178 e. The summed E-state index contributed by atoms with van der Waals surface area (Å²) >= 11 is 10.6. The van der Waals surface area contributed by atoms with Crippen molar-refractivity contribution in [1.29, 1.82) is 0 Å². The minimum Gasteiger partial charge on any atom is -0.293 e. The Bertz CT molecular complexity index is 348. The highest BCUT2D eigenvalue weighted by Crippen LogP contribution is 2.49. The molecule has 0 aliphatic heterocycles. The van der Waals surface area contributed by atoms with Crippen LogP contribution in [-0.4, -0.2) is 5.78 Å². The summed E-state index contributed by atoms with van der Waals surface area (Å²) in [7, 11) is 0. The van der Waals surface area contributed by atoms with Crippen LogP contribution in [0.5, 0.6) is 0 Å². The lowest BCUT2D eigenvalue weighted by molar-refractivity contribution is 0.0917. The molecular formula is C9H8BrClOS. The molecule has 0 amide bonds. The van der Waals surface area contributed by atoms with Crippen LogP contribution in [0.25, 0.3) is 0 Å². The second-order valence-corrected chi connectivity index (χ2v) is 6.40. The number of hydrogen-bond acceptors (Lipinski definition) is 2. The number of carbonyl (C=O) groups is 1. The summed E-state index contributed by atoms with van der Waals surface area (Å²) in [5, 5.41) is 0.637. The third-order valence-corrected chi connectivity index (χ3v) is 4.89. The van der Waals surface area contributed by atoms with Crippen LogP contribution in [0.1, 0.15) is 29.4 Å². The normalized spacial score (nSPS) is 18.7. The van der Waals surface area contributed by atoms with E-state index in [0.29, 0.717) is 5.02 Å². The molecule has 0 atom stereocenters. The van der Waals surface area contributed by atoms with Crippen LogP contribution in [0.4, 0.5) is 0 Å². The predicted molar refractivity (Wildman–Crippen MR) is 58.7 cm³/mol. The van der Waals surface area contributed by atoms with Gasteiger partial charge in [-0.15, -0.1) is 11.3 Å². The van der Waals surface area contributed by atoms with Gasteiger partial charge in [0.1, 0.15) is 0 Å². The van der Waals surface area contributed by atoms with E-state index in [1.165, 1.54) is 11.3 Å². The SMILES string of the molecule is CC1(C(=O)c2cc(Cl)c(Br)s2)CC1. The molecule has 13 heavy (non-hydrogen) atoms. The third kappa shape index (κ3) is 1.69. The molecule has 0 N–H and O–H groups in total. The second kappa shape index (κ2) is 3.07. The van der Waals surface area contributed by atoms with Crippen molar-refractivity contribution in [2.45, 2.75) is 19.8 Å². The molecule has 1 aliphatic carbocycles. The van der Waals surface area contributed by atoms with E-state index in [1.54, 1.807) is 6.07 Å². The van der Waals surface area contributed by atoms with Gasteiger partial charge < -0.3 is 0 Å². The summed E-state index contributed by atoms with van der Waals surface area (Å²) in [6.45, 7) is 2.01. The monoisotopic (exact) mass is 278 g/mol. The molecule has 2 rings (SSSR count). The largest absolute Gasteiger partial charge is 0.293 e. The fourth-order valence-corrected chi connectivity index (χ4v) is 2.96. The number of rotatable bonds is 2. The number of Topliss-reactive ketones (excluding diaryl/α,β-unsaturated/α-hetero) is 1. The van der Waals surface area contributed by atoms with Crippen molar-refractivity contribution in [3.8, 4) is 0 Å². The van der Waals surface area contributed by atoms with Gasteiger partial charge in [-0.25, -0.2) is 0 Å². The Labute approximate surface area is 94.2 Å². The van der Waals surface area contributed by atoms with Gasteiger partial charge in [0.25, 0.3) is 0 Å². The van der Waals surface area contributed by atoms with Crippen LogP contribution in [0.15, 0.2) is 9.85 Å². The first-order valence-corrected chi connectivity index (χ1v) is 6.01. The van der Waals surface area contributed by atoms with Gasteiger partial charge in [0.15, 0.2) is 5.78 Å². The van der Waals surface area contributed by atoms with E-state index >= 15 is 0 Å². The van der Waals surface area contributed by atoms with Crippen LogP contribution >= 0.6 is 38.9 Å². The average molecular weight is 280 g/mol.